The molecule has 3 nitrogen and oxygen atoms in total. The highest BCUT2D eigenvalue weighted by Gasteiger charge is 2.46. The highest BCUT2D eigenvalue weighted by atomic mass is 14.9. The number of hydrogen-bond acceptors (Lipinski definition) is 3. The van der Waals surface area contributed by atoms with Gasteiger partial charge in [-0.25, -0.2) is 9.97 Å². The van der Waals surface area contributed by atoms with Crippen molar-refractivity contribution in [3.63, 3.8) is 0 Å². The Kier molecular flexibility index (Phi) is 8.04. The summed E-state index contributed by atoms with van der Waals surface area (Å²) in [7, 11) is 0. The van der Waals surface area contributed by atoms with Crippen molar-refractivity contribution in [1.82, 2.24) is 15.0 Å². The summed E-state index contributed by atoms with van der Waals surface area (Å²) in [4.78, 5) is 14.6. The van der Waals surface area contributed by atoms with Gasteiger partial charge in [0, 0.05) is 29.1 Å². The minimum absolute atomic E-state index is 0.458. The van der Waals surface area contributed by atoms with E-state index >= 15 is 0 Å². The van der Waals surface area contributed by atoms with Gasteiger partial charge in [0.1, 0.15) is 0 Å². The first kappa shape index (κ1) is 32.4. The van der Waals surface area contributed by atoms with Gasteiger partial charge in [-0.05, 0) is 79.9 Å². The molecule has 0 unspecified atom stereocenters. The second kappa shape index (κ2) is 13.6. The molecule has 0 bridgehead atoms. The Labute approximate surface area is 321 Å². The Hall–Kier alpha value is -7.23. The van der Waals surface area contributed by atoms with E-state index in [1.807, 2.05) is 18.3 Å². The van der Waals surface area contributed by atoms with Gasteiger partial charge in [0.25, 0.3) is 0 Å². The number of benzene rings is 7. The maximum absolute atomic E-state index is 5.20. The molecule has 0 atom stereocenters. The zero-order valence-electron chi connectivity index (χ0n) is 30.0. The fourth-order valence-electron chi connectivity index (χ4n) is 8.31. The lowest BCUT2D eigenvalue weighted by Crippen LogP contribution is -2.28. The predicted molar refractivity (Wildman–Crippen MR) is 224 cm³/mol. The van der Waals surface area contributed by atoms with Gasteiger partial charge >= 0.3 is 0 Å². The molecule has 0 saturated heterocycles. The molecule has 0 radical (unpaired) electrons. The first-order valence-electron chi connectivity index (χ1n) is 18.7. The summed E-state index contributed by atoms with van der Waals surface area (Å²) in [6.07, 6.45) is 3.68. The molecule has 10 rings (SSSR count). The summed E-state index contributed by atoms with van der Waals surface area (Å²) in [5.74, 6) is 0.685. The van der Waals surface area contributed by atoms with Crippen molar-refractivity contribution in [2.75, 3.05) is 0 Å². The molecule has 1 aliphatic rings. The summed E-state index contributed by atoms with van der Waals surface area (Å²) in [6.45, 7) is 0. The molecule has 1 aliphatic carbocycles. The monoisotopic (exact) mass is 701 g/mol. The molecule has 0 N–H and O–H groups in total. The molecule has 9 aromatic rings. The highest BCUT2D eigenvalue weighted by Crippen LogP contribution is 2.56. The minimum atomic E-state index is -0.458. The number of fused-ring (bicyclic) bond motifs is 3. The van der Waals surface area contributed by atoms with E-state index in [-0.39, 0.29) is 0 Å². The topological polar surface area (TPSA) is 38.7 Å². The quantitative estimate of drug-likeness (QED) is 0.166. The molecule has 2 aromatic heterocycles. The van der Waals surface area contributed by atoms with Gasteiger partial charge in [0.15, 0.2) is 5.82 Å². The van der Waals surface area contributed by atoms with Crippen molar-refractivity contribution in [3.8, 4) is 67.3 Å². The number of rotatable bonds is 7. The van der Waals surface area contributed by atoms with Gasteiger partial charge in [-0.3, -0.25) is 4.98 Å². The minimum Gasteiger partial charge on any atom is -0.264 e. The zero-order chi connectivity index (χ0) is 36.6. The molecule has 0 aliphatic heterocycles. The van der Waals surface area contributed by atoms with Crippen molar-refractivity contribution >= 4 is 0 Å². The normalized spacial score (nSPS) is 12.5. The van der Waals surface area contributed by atoms with Crippen LogP contribution < -0.4 is 0 Å². The van der Waals surface area contributed by atoms with Crippen molar-refractivity contribution < 1.29 is 0 Å². The van der Waals surface area contributed by atoms with Gasteiger partial charge in [0.2, 0.25) is 0 Å². The van der Waals surface area contributed by atoms with Gasteiger partial charge in [-0.15, -0.1) is 0 Å². The van der Waals surface area contributed by atoms with Crippen LogP contribution in [-0.4, -0.2) is 15.0 Å². The third kappa shape index (κ3) is 5.65. The predicted octanol–water partition coefficient (Wildman–Crippen LogP) is 12.6. The SMILES string of the molecule is c1ccc(-c2cc(-c3cccc(-c4ccc5c(c4)C(c4ccccc4)(c4ccccc4)c4ccccc4-5)c3)nc(-c3ccc(-c4cccnc4)cc3)n2)cc1. The van der Waals surface area contributed by atoms with Crippen molar-refractivity contribution in [2.45, 2.75) is 5.41 Å². The Morgan fingerprint density at radius 3 is 1.58 bits per heavy atom. The van der Waals surface area contributed by atoms with E-state index in [0.29, 0.717) is 5.82 Å². The highest BCUT2D eigenvalue weighted by molar-refractivity contribution is 5.89. The van der Waals surface area contributed by atoms with Gasteiger partial charge in [-0.2, -0.15) is 0 Å². The Balaban J connectivity index is 1.11. The van der Waals surface area contributed by atoms with Crippen LogP contribution in [0, 0.1) is 0 Å². The Bertz CT molecular complexity index is 2740. The summed E-state index contributed by atoms with van der Waals surface area (Å²) in [5, 5.41) is 0. The van der Waals surface area contributed by atoms with E-state index in [1.165, 1.54) is 33.4 Å². The van der Waals surface area contributed by atoms with Crippen LogP contribution in [0.15, 0.2) is 213 Å². The van der Waals surface area contributed by atoms with E-state index in [4.69, 9.17) is 9.97 Å². The fourth-order valence-corrected chi connectivity index (χ4v) is 8.31. The van der Waals surface area contributed by atoms with Crippen LogP contribution in [0.5, 0.6) is 0 Å². The second-order valence-corrected chi connectivity index (χ2v) is 14.0. The molecular formula is C52H35N3. The summed E-state index contributed by atoms with van der Waals surface area (Å²) in [5.41, 5.74) is 16.5. The molecular weight excluding hydrogens is 667 g/mol. The molecule has 7 aromatic carbocycles. The molecule has 0 fully saturated rings. The van der Waals surface area contributed by atoms with Gasteiger partial charge in [-0.1, -0.05) is 176 Å². The molecule has 0 saturated carbocycles. The number of aromatic nitrogens is 3. The van der Waals surface area contributed by atoms with Crippen LogP contribution in [-0.2, 0) is 5.41 Å². The number of pyridine rings is 1. The summed E-state index contributed by atoms with van der Waals surface area (Å²) >= 11 is 0. The maximum Gasteiger partial charge on any atom is 0.160 e. The average Bonchev–Trinajstić information content (AvgIpc) is 3.58. The first-order valence-corrected chi connectivity index (χ1v) is 18.7. The van der Waals surface area contributed by atoms with E-state index in [9.17, 15) is 0 Å². The zero-order valence-corrected chi connectivity index (χ0v) is 30.0. The third-order valence-electron chi connectivity index (χ3n) is 10.9. The lowest BCUT2D eigenvalue weighted by Gasteiger charge is -2.34. The smallest absolute Gasteiger partial charge is 0.160 e. The lowest BCUT2D eigenvalue weighted by molar-refractivity contribution is 0.769. The molecule has 0 amide bonds. The lowest BCUT2D eigenvalue weighted by atomic mass is 9.67. The summed E-state index contributed by atoms with van der Waals surface area (Å²) in [6, 6.07) is 71.5. The van der Waals surface area contributed by atoms with Crippen LogP contribution in [0.1, 0.15) is 22.3 Å². The van der Waals surface area contributed by atoms with Crippen LogP contribution in [0.25, 0.3) is 67.3 Å². The maximum atomic E-state index is 5.20. The molecule has 0 spiro atoms. The standard InChI is InChI=1S/C52H35N3/c1-4-14-37(15-5-1)49-34-50(55-51(54-49)38-27-25-36(26-28-38)42-18-13-31-53-35-42)41-17-12-16-39(32-41)40-29-30-46-45-23-10-11-24-47(45)52(48(46)33-40,43-19-6-2-7-20-43)44-21-8-3-9-22-44/h1-35H. The average molecular weight is 702 g/mol. The second-order valence-electron chi connectivity index (χ2n) is 14.0. The van der Waals surface area contributed by atoms with Crippen LogP contribution in [0.2, 0.25) is 0 Å². The number of nitrogens with zero attached hydrogens (tertiary/aromatic N) is 3. The van der Waals surface area contributed by atoms with E-state index in [1.54, 1.807) is 6.20 Å². The van der Waals surface area contributed by atoms with Crippen LogP contribution >= 0.6 is 0 Å². The van der Waals surface area contributed by atoms with Crippen molar-refractivity contribution in [3.05, 3.63) is 235 Å². The van der Waals surface area contributed by atoms with Crippen molar-refractivity contribution in [1.29, 1.82) is 0 Å². The first-order chi connectivity index (χ1) is 27.3. The van der Waals surface area contributed by atoms with Gasteiger partial charge < -0.3 is 0 Å². The van der Waals surface area contributed by atoms with Crippen LogP contribution in [0.4, 0.5) is 0 Å². The molecule has 3 heteroatoms. The summed E-state index contributed by atoms with van der Waals surface area (Å²) < 4.78 is 0. The largest absolute Gasteiger partial charge is 0.264 e. The Morgan fingerprint density at radius 1 is 0.327 bits per heavy atom. The van der Waals surface area contributed by atoms with E-state index in [2.05, 4.69) is 193 Å². The number of hydrogen-bond donors (Lipinski definition) is 0. The van der Waals surface area contributed by atoms with E-state index < -0.39 is 5.41 Å². The molecule has 55 heavy (non-hydrogen) atoms. The van der Waals surface area contributed by atoms with Gasteiger partial charge in [0.05, 0.1) is 16.8 Å². The Morgan fingerprint density at radius 2 is 0.873 bits per heavy atom. The molecule has 258 valence electrons. The molecule has 2 heterocycles. The van der Waals surface area contributed by atoms with Crippen LogP contribution in [0.3, 0.4) is 0 Å². The fraction of sp³-hybridized carbons (Fsp3) is 0.0192. The van der Waals surface area contributed by atoms with E-state index in [0.717, 1.165) is 50.3 Å². The third-order valence-corrected chi connectivity index (χ3v) is 10.9. The van der Waals surface area contributed by atoms with Crippen molar-refractivity contribution in [2.24, 2.45) is 0 Å².